The predicted molar refractivity (Wildman–Crippen MR) is 101 cm³/mol. The highest BCUT2D eigenvalue weighted by Gasteiger charge is 2.07. The van der Waals surface area contributed by atoms with Crippen molar-refractivity contribution < 1.29 is 5.11 Å². The van der Waals surface area contributed by atoms with Crippen LogP contribution in [0.4, 0.5) is 0 Å². The number of hydrogen-bond acceptors (Lipinski definition) is 1. The highest BCUT2D eigenvalue weighted by molar-refractivity contribution is 5.68. The Bertz CT molecular complexity index is 819. The van der Waals surface area contributed by atoms with Gasteiger partial charge in [-0.15, -0.1) is 0 Å². The van der Waals surface area contributed by atoms with Crippen molar-refractivity contribution in [2.75, 3.05) is 0 Å². The minimum Gasteiger partial charge on any atom is -0.392 e. The van der Waals surface area contributed by atoms with Crippen LogP contribution in [0.3, 0.4) is 0 Å². The van der Waals surface area contributed by atoms with Crippen LogP contribution in [-0.4, -0.2) is 5.11 Å². The van der Waals surface area contributed by atoms with Crippen molar-refractivity contribution in [3.8, 4) is 11.1 Å². The molecule has 1 N–H and O–H groups in total. The molecule has 0 unspecified atom stereocenters. The van der Waals surface area contributed by atoms with E-state index in [4.69, 9.17) is 0 Å². The fraction of sp³-hybridized carbons (Fsp3) is 0.217. The molecule has 1 nitrogen and oxygen atoms in total. The maximum absolute atomic E-state index is 9.24. The molecule has 3 aromatic rings. The Morgan fingerprint density at radius 3 is 2.21 bits per heavy atom. The largest absolute Gasteiger partial charge is 0.392 e. The molecule has 0 radical (unpaired) electrons. The van der Waals surface area contributed by atoms with E-state index in [2.05, 4.69) is 74.5 Å². The standard InChI is InChI=1S/C23H24O/c1-17-15-19(16-24)11-12-20(17)13-14-21-9-6-10-23(18(21)2)22-7-4-3-5-8-22/h3-12,15,24H,13-14,16H2,1-2H3. The van der Waals surface area contributed by atoms with E-state index in [-0.39, 0.29) is 6.61 Å². The second-order valence-corrected chi connectivity index (χ2v) is 6.37. The molecule has 1 heteroatoms. The highest BCUT2D eigenvalue weighted by atomic mass is 16.3. The summed E-state index contributed by atoms with van der Waals surface area (Å²) in [6.07, 6.45) is 2.06. The molecule has 0 aromatic heterocycles. The quantitative estimate of drug-likeness (QED) is 0.682. The molecule has 0 aliphatic carbocycles. The Labute approximate surface area is 144 Å². The zero-order valence-corrected chi connectivity index (χ0v) is 14.4. The van der Waals surface area contributed by atoms with Gasteiger partial charge in [0.25, 0.3) is 0 Å². The van der Waals surface area contributed by atoms with Crippen LogP contribution in [0.25, 0.3) is 11.1 Å². The summed E-state index contributed by atoms with van der Waals surface area (Å²) in [7, 11) is 0. The molecule has 0 spiro atoms. The fourth-order valence-corrected chi connectivity index (χ4v) is 3.29. The van der Waals surface area contributed by atoms with Crippen LogP contribution in [0.15, 0.2) is 66.7 Å². The van der Waals surface area contributed by atoms with E-state index in [1.54, 1.807) is 0 Å². The van der Waals surface area contributed by atoms with Crippen LogP contribution in [0, 0.1) is 13.8 Å². The summed E-state index contributed by atoms with van der Waals surface area (Å²) in [5, 5.41) is 9.24. The Morgan fingerprint density at radius 2 is 1.50 bits per heavy atom. The van der Waals surface area contributed by atoms with E-state index in [1.807, 2.05) is 6.07 Å². The number of rotatable bonds is 5. The van der Waals surface area contributed by atoms with E-state index in [1.165, 1.54) is 33.4 Å². The van der Waals surface area contributed by atoms with Crippen molar-refractivity contribution in [2.45, 2.75) is 33.3 Å². The van der Waals surface area contributed by atoms with Crippen LogP contribution in [0.2, 0.25) is 0 Å². The predicted octanol–water partition coefficient (Wildman–Crippen LogP) is 5.25. The summed E-state index contributed by atoms with van der Waals surface area (Å²) in [6.45, 7) is 4.46. The van der Waals surface area contributed by atoms with Crippen molar-refractivity contribution in [3.05, 3.63) is 94.5 Å². The van der Waals surface area contributed by atoms with Crippen molar-refractivity contribution in [3.63, 3.8) is 0 Å². The van der Waals surface area contributed by atoms with Gasteiger partial charge in [0, 0.05) is 0 Å². The lowest BCUT2D eigenvalue weighted by atomic mass is 9.92. The van der Waals surface area contributed by atoms with Gasteiger partial charge in [0.2, 0.25) is 0 Å². The lowest BCUT2D eigenvalue weighted by Gasteiger charge is -2.13. The number of aliphatic hydroxyl groups excluding tert-OH is 1. The third kappa shape index (κ3) is 3.58. The van der Waals surface area contributed by atoms with E-state index in [9.17, 15) is 5.11 Å². The van der Waals surface area contributed by atoms with Gasteiger partial charge in [-0.3, -0.25) is 0 Å². The Kier molecular flexibility index (Phi) is 5.12. The van der Waals surface area contributed by atoms with E-state index < -0.39 is 0 Å². The van der Waals surface area contributed by atoms with E-state index in [0.29, 0.717) is 0 Å². The molecular weight excluding hydrogens is 292 g/mol. The van der Waals surface area contributed by atoms with Crippen LogP contribution in [0.1, 0.15) is 27.8 Å². The first-order valence-electron chi connectivity index (χ1n) is 8.52. The highest BCUT2D eigenvalue weighted by Crippen LogP contribution is 2.26. The average Bonchev–Trinajstić information content (AvgIpc) is 2.62. The summed E-state index contributed by atoms with van der Waals surface area (Å²) in [4.78, 5) is 0. The lowest BCUT2D eigenvalue weighted by Crippen LogP contribution is -1.98. The number of benzene rings is 3. The first-order valence-corrected chi connectivity index (χ1v) is 8.52. The van der Waals surface area contributed by atoms with Crippen LogP contribution in [0.5, 0.6) is 0 Å². The average molecular weight is 316 g/mol. The van der Waals surface area contributed by atoms with Gasteiger partial charge in [-0.2, -0.15) is 0 Å². The van der Waals surface area contributed by atoms with Gasteiger partial charge in [-0.05, 0) is 65.6 Å². The molecule has 3 aromatic carbocycles. The summed E-state index contributed by atoms with van der Waals surface area (Å²) in [6, 6.07) is 23.4. The van der Waals surface area contributed by atoms with Crippen molar-refractivity contribution in [2.24, 2.45) is 0 Å². The second-order valence-electron chi connectivity index (χ2n) is 6.37. The molecule has 0 atom stereocenters. The Hall–Kier alpha value is -2.38. The van der Waals surface area contributed by atoms with Gasteiger partial charge in [0.15, 0.2) is 0 Å². The molecule has 0 heterocycles. The Balaban J connectivity index is 1.81. The number of aryl methyl sites for hydroxylation is 3. The Morgan fingerprint density at radius 1 is 0.750 bits per heavy atom. The van der Waals surface area contributed by atoms with Gasteiger partial charge in [-0.1, -0.05) is 66.7 Å². The lowest BCUT2D eigenvalue weighted by molar-refractivity contribution is 0.281. The first-order chi connectivity index (χ1) is 11.7. The molecule has 0 saturated heterocycles. The molecule has 0 fully saturated rings. The summed E-state index contributed by atoms with van der Waals surface area (Å²) in [5.41, 5.74) is 8.98. The van der Waals surface area contributed by atoms with E-state index >= 15 is 0 Å². The van der Waals surface area contributed by atoms with Crippen molar-refractivity contribution >= 4 is 0 Å². The molecule has 3 rings (SSSR count). The van der Waals surface area contributed by atoms with Crippen molar-refractivity contribution in [1.82, 2.24) is 0 Å². The number of aliphatic hydroxyl groups is 1. The minimum absolute atomic E-state index is 0.110. The monoisotopic (exact) mass is 316 g/mol. The van der Waals surface area contributed by atoms with Gasteiger partial charge >= 0.3 is 0 Å². The topological polar surface area (TPSA) is 20.2 Å². The molecule has 0 amide bonds. The zero-order chi connectivity index (χ0) is 16.9. The zero-order valence-electron chi connectivity index (χ0n) is 14.4. The van der Waals surface area contributed by atoms with Crippen molar-refractivity contribution in [1.29, 1.82) is 0 Å². The molecule has 24 heavy (non-hydrogen) atoms. The van der Waals surface area contributed by atoms with E-state index in [0.717, 1.165) is 18.4 Å². The minimum atomic E-state index is 0.110. The molecule has 122 valence electrons. The second kappa shape index (κ2) is 7.46. The smallest absolute Gasteiger partial charge is 0.0681 e. The van der Waals surface area contributed by atoms with Gasteiger partial charge in [-0.25, -0.2) is 0 Å². The fourth-order valence-electron chi connectivity index (χ4n) is 3.29. The van der Waals surface area contributed by atoms with Gasteiger partial charge < -0.3 is 5.11 Å². The number of hydrogen-bond donors (Lipinski definition) is 1. The third-order valence-electron chi connectivity index (χ3n) is 4.78. The normalized spacial score (nSPS) is 10.8. The van der Waals surface area contributed by atoms with Crippen LogP contribution < -0.4 is 0 Å². The van der Waals surface area contributed by atoms with Gasteiger partial charge in [0.05, 0.1) is 6.61 Å². The molecule has 0 bridgehead atoms. The molecule has 0 aliphatic rings. The van der Waals surface area contributed by atoms with Crippen LogP contribution in [-0.2, 0) is 19.4 Å². The molecular formula is C23H24O. The maximum Gasteiger partial charge on any atom is 0.0681 e. The summed E-state index contributed by atoms with van der Waals surface area (Å²) < 4.78 is 0. The maximum atomic E-state index is 9.24. The third-order valence-corrected chi connectivity index (χ3v) is 4.78. The SMILES string of the molecule is Cc1cc(CO)ccc1CCc1cccc(-c2ccccc2)c1C. The molecule has 0 saturated carbocycles. The van der Waals surface area contributed by atoms with Gasteiger partial charge in [0.1, 0.15) is 0 Å². The summed E-state index contributed by atoms with van der Waals surface area (Å²) >= 11 is 0. The summed E-state index contributed by atoms with van der Waals surface area (Å²) in [5.74, 6) is 0. The molecule has 0 aliphatic heterocycles. The first kappa shape index (κ1) is 16.5. The van der Waals surface area contributed by atoms with Crippen LogP contribution >= 0.6 is 0 Å².